The minimum atomic E-state index is -2.76. The van der Waals surface area contributed by atoms with Crippen molar-refractivity contribution in [2.24, 2.45) is 13.0 Å². The summed E-state index contributed by atoms with van der Waals surface area (Å²) in [5, 5.41) is 6.97. The molecule has 4 heterocycles. The van der Waals surface area contributed by atoms with E-state index in [0.29, 0.717) is 16.7 Å². The number of nitrogens with zero attached hydrogens (tertiary/aromatic N) is 5. The third kappa shape index (κ3) is 3.73. The molecule has 4 rings (SSSR count). The fourth-order valence-electron chi connectivity index (χ4n) is 3.53. The number of amides is 1. The number of alkyl halides is 2. The van der Waals surface area contributed by atoms with Crippen molar-refractivity contribution < 1.29 is 18.3 Å². The van der Waals surface area contributed by atoms with Crippen LogP contribution in [0.5, 0.6) is 5.88 Å². The first-order valence-corrected chi connectivity index (χ1v) is 9.72. The molecule has 0 aliphatic carbocycles. The van der Waals surface area contributed by atoms with Crippen molar-refractivity contribution in [1.82, 2.24) is 29.6 Å². The average Bonchev–Trinajstić information content (AvgIpc) is 3.39. The second kappa shape index (κ2) is 7.33. The standard InChI is InChI=1S/C20H24F2N6O2/c1-20(2,3)28-9-12(8-25-28)13-6-14-16(27(4)10-24-14)19(26-13)30-17(18(21)22)11-5-15(29)23-7-11/h6,8-11,17-18H,5,7H2,1-4H3,(H,23,29)/t11-,17+/m1/s1. The summed E-state index contributed by atoms with van der Waals surface area (Å²) in [7, 11) is 1.75. The molecule has 1 amide bonds. The minimum Gasteiger partial charge on any atom is -0.466 e. The number of fused-ring (bicyclic) bond motifs is 1. The van der Waals surface area contributed by atoms with Crippen LogP contribution in [0.2, 0.25) is 0 Å². The highest BCUT2D eigenvalue weighted by molar-refractivity contribution is 5.84. The highest BCUT2D eigenvalue weighted by Gasteiger charge is 2.38. The van der Waals surface area contributed by atoms with Crippen LogP contribution in [0.25, 0.3) is 22.3 Å². The van der Waals surface area contributed by atoms with Crippen LogP contribution in [0.3, 0.4) is 0 Å². The van der Waals surface area contributed by atoms with Crippen LogP contribution in [-0.4, -0.2) is 49.3 Å². The number of rotatable bonds is 5. The summed E-state index contributed by atoms with van der Waals surface area (Å²) in [6.45, 7) is 6.23. The molecule has 0 spiro atoms. The van der Waals surface area contributed by atoms with Gasteiger partial charge in [-0.05, 0) is 26.8 Å². The molecule has 1 N–H and O–H groups in total. The number of aromatic nitrogens is 5. The molecule has 10 heteroatoms. The first-order valence-electron chi connectivity index (χ1n) is 9.72. The van der Waals surface area contributed by atoms with Crippen molar-refractivity contribution in [3.63, 3.8) is 0 Å². The summed E-state index contributed by atoms with van der Waals surface area (Å²) in [4.78, 5) is 20.4. The number of halogens is 2. The monoisotopic (exact) mass is 418 g/mol. The number of nitrogens with one attached hydrogen (secondary N) is 1. The van der Waals surface area contributed by atoms with Crippen LogP contribution in [0.4, 0.5) is 8.78 Å². The number of imidazole rings is 1. The zero-order valence-corrected chi connectivity index (χ0v) is 17.3. The number of ether oxygens (including phenoxy) is 1. The van der Waals surface area contributed by atoms with E-state index in [0.717, 1.165) is 5.56 Å². The Hall–Kier alpha value is -3.04. The maximum absolute atomic E-state index is 13.8. The molecular formula is C20H24F2N6O2. The highest BCUT2D eigenvalue weighted by atomic mass is 19.3. The topological polar surface area (TPSA) is 86.9 Å². The van der Waals surface area contributed by atoms with Crippen LogP contribution in [-0.2, 0) is 17.4 Å². The fraction of sp³-hybridized carbons (Fsp3) is 0.500. The van der Waals surface area contributed by atoms with E-state index in [-0.39, 0.29) is 30.3 Å². The Morgan fingerprint density at radius 2 is 2.10 bits per heavy atom. The van der Waals surface area contributed by atoms with Gasteiger partial charge in [-0.2, -0.15) is 5.10 Å². The predicted molar refractivity (Wildman–Crippen MR) is 106 cm³/mol. The van der Waals surface area contributed by atoms with E-state index in [1.165, 1.54) is 0 Å². The Labute approximate surface area is 172 Å². The average molecular weight is 418 g/mol. The van der Waals surface area contributed by atoms with E-state index in [4.69, 9.17) is 4.74 Å². The molecule has 1 saturated heterocycles. The van der Waals surface area contributed by atoms with Crippen molar-refractivity contribution in [2.45, 2.75) is 45.3 Å². The molecule has 0 aromatic carbocycles. The quantitative estimate of drug-likeness (QED) is 0.689. The predicted octanol–water partition coefficient (Wildman–Crippen LogP) is 2.74. The number of aryl methyl sites for hydroxylation is 1. The largest absolute Gasteiger partial charge is 0.466 e. The lowest BCUT2D eigenvalue weighted by Gasteiger charge is -2.23. The number of hydrogen-bond donors (Lipinski definition) is 1. The number of carbonyl (C=O) groups is 1. The maximum atomic E-state index is 13.8. The van der Waals surface area contributed by atoms with E-state index < -0.39 is 18.4 Å². The molecule has 3 aromatic heterocycles. The fourth-order valence-corrected chi connectivity index (χ4v) is 3.53. The molecule has 0 radical (unpaired) electrons. The molecule has 1 aliphatic rings. The molecule has 0 saturated carbocycles. The van der Waals surface area contributed by atoms with Gasteiger partial charge in [0.15, 0.2) is 6.10 Å². The zero-order chi connectivity index (χ0) is 21.6. The van der Waals surface area contributed by atoms with E-state index in [1.54, 1.807) is 30.2 Å². The lowest BCUT2D eigenvalue weighted by atomic mass is 10.0. The molecule has 2 atom stereocenters. The minimum absolute atomic E-state index is 0.00157. The SMILES string of the molecule is Cn1cnc2cc(-c3cnn(C(C)(C)C)c3)nc(O[C@H](C(F)F)[C@H]3CNC(=O)C3)c21. The van der Waals surface area contributed by atoms with Gasteiger partial charge in [-0.1, -0.05) is 0 Å². The first kappa shape index (κ1) is 20.2. The Balaban J connectivity index is 1.75. The maximum Gasteiger partial charge on any atom is 0.275 e. The lowest BCUT2D eigenvalue weighted by molar-refractivity contribution is -0.119. The summed E-state index contributed by atoms with van der Waals surface area (Å²) in [6.07, 6.45) is 0.893. The van der Waals surface area contributed by atoms with Gasteiger partial charge in [-0.25, -0.2) is 18.7 Å². The van der Waals surface area contributed by atoms with Crippen LogP contribution in [0.15, 0.2) is 24.8 Å². The molecule has 1 fully saturated rings. The smallest absolute Gasteiger partial charge is 0.275 e. The second-order valence-corrected chi connectivity index (χ2v) is 8.57. The van der Waals surface area contributed by atoms with Gasteiger partial charge >= 0.3 is 0 Å². The van der Waals surface area contributed by atoms with Crippen molar-refractivity contribution in [3.05, 3.63) is 24.8 Å². The molecule has 3 aromatic rings. The van der Waals surface area contributed by atoms with Gasteiger partial charge in [0.1, 0.15) is 5.52 Å². The second-order valence-electron chi connectivity index (χ2n) is 8.57. The van der Waals surface area contributed by atoms with Crippen LogP contribution in [0.1, 0.15) is 27.2 Å². The Morgan fingerprint density at radius 3 is 2.70 bits per heavy atom. The summed E-state index contributed by atoms with van der Waals surface area (Å²) < 4.78 is 36.9. The van der Waals surface area contributed by atoms with Crippen molar-refractivity contribution in [3.8, 4) is 17.1 Å². The Morgan fingerprint density at radius 1 is 1.33 bits per heavy atom. The van der Waals surface area contributed by atoms with Gasteiger partial charge < -0.3 is 14.6 Å². The van der Waals surface area contributed by atoms with Gasteiger partial charge in [0.25, 0.3) is 6.43 Å². The number of carbonyl (C=O) groups excluding carboxylic acids is 1. The molecule has 0 unspecified atom stereocenters. The van der Waals surface area contributed by atoms with Crippen LogP contribution < -0.4 is 10.1 Å². The third-order valence-electron chi connectivity index (χ3n) is 5.20. The third-order valence-corrected chi connectivity index (χ3v) is 5.20. The van der Waals surface area contributed by atoms with Gasteiger partial charge in [-0.3, -0.25) is 9.48 Å². The van der Waals surface area contributed by atoms with Crippen LogP contribution >= 0.6 is 0 Å². The van der Waals surface area contributed by atoms with E-state index >= 15 is 0 Å². The summed E-state index contributed by atoms with van der Waals surface area (Å²) in [5.74, 6) is -0.818. The van der Waals surface area contributed by atoms with Crippen LogP contribution in [0, 0.1) is 5.92 Å². The lowest BCUT2D eigenvalue weighted by Crippen LogP contribution is -2.35. The molecular weight excluding hydrogens is 394 g/mol. The molecule has 0 bridgehead atoms. The van der Waals surface area contributed by atoms with Gasteiger partial charge in [0.2, 0.25) is 11.8 Å². The van der Waals surface area contributed by atoms with E-state index in [2.05, 4.69) is 20.4 Å². The summed E-state index contributed by atoms with van der Waals surface area (Å²) in [5.41, 5.74) is 2.14. The highest BCUT2D eigenvalue weighted by Crippen LogP contribution is 2.32. The molecule has 160 valence electrons. The van der Waals surface area contributed by atoms with Crippen molar-refractivity contribution in [1.29, 1.82) is 0 Å². The normalized spacial score (nSPS) is 18.2. The molecule has 1 aliphatic heterocycles. The summed E-state index contributed by atoms with van der Waals surface area (Å²) in [6, 6.07) is 1.78. The van der Waals surface area contributed by atoms with E-state index in [1.807, 2.05) is 31.6 Å². The van der Waals surface area contributed by atoms with Gasteiger partial charge in [0, 0.05) is 37.7 Å². The number of hydrogen-bond acceptors (Lipinski definition) is 5. The summed E-state index contributed by atoms with van der Waals surface area (Å²) >= 11 is 0. The van der Waals surface area contributed by atoms with Crippen molar-refractivity contribution >= 4 is 16.9 Å². The number of pyridine rings is 1. The Kier molecular flexibility index (Phi) is 4.95. The molecule has 30 heavy (non-hydrogen) atoms. The molecule has 8 nitrogen and oxygen atoms in total. The first-order chi connectivity index (χ1) is 14.1. The zero-order valence-electron chi connectivity index (χ0n) is 17.3. The van der Waals surface area contributed by atoms with Crippen molar-refractivity contribution in [2.75, 3.05) is 6.54 Å². The van der Waals surface area contributed by atoms with E-state index in [9.17, 15) is 13.6 Å². The van der Waals surface area contributed by atoms with Gasteiger partial charge in [-0.15, -0.1) is 0 Å². The van der Waals surface area contributed by atoms with Gasteiger partial charge in [0.05, 0.1) is 29.3 Å². The Bertz CT molecular complexity index is 1080.